The lowest BCUT2D eigenvalue weighted by atomic mass is 10.2. The molecule has 0 unspecified atom stereocenters. The van der Waals surface area contributed by atoms with E-state index in [1.165, 1.54) is 0 Å². The predicted octanol–water partition coefficient (Wildman–Crippen LogP) is 1.38. The highest BCUT2D eigenvalue weighted by Gasteiger charge is 2.20. The van der Waals surface area contributed by atoms with Gasteiger partial charge < -0.3 is 9.64 Å². The summed E-state index contributed by atoms with van der Waals surface area (Å²) in [6, 6.07) is 6.35. The average Bonchev–Trinajstić information content (AvgIpc) is 2.63. The van der Waals surface area contributed by atoms with Crippen molar-refractivity contribution in [1.29, 1.82) is 5.26 Å². The molecule has 7 nitrogen and oxygen atoms in total. The molecule has 1 aliphatic rings. The maximum absolute atomic E-state index is 9.28. The predicted molar refractivity (Wildman–Crippen MR) is 89.8 cm³/mol. The first-order valence-electron chi connectivity index (χ1n) is 7.89. The standard InChI is InChI=1S/C17H20N6O/c1-13-3-4-15(9-18)16(21-13)23-7-5-22(6-8-23)12-14-10-19-17(24-2)20-11-14/h3-4,10-11H,5-8,12H2,1-2H3. The quantitative estimate of drug-likeness (QED) is 0.840. The van der Waals surface area contributed by atoms with Crippen LogP contribution in [0.5, 0.6) is 6.01 Å². The van der Waals surface area contributed by atoms with Gasteiger partial charge in [0.2, 0.25) is 0 Å². The van der Waals surface area contributed by atoms with Crippen molar-refractivity contribution in [2.24, 2.45) is 0 Å². The smallest absolute Gasteiger partial charge is 0.316 e. The number of rotatable bonds is 4. The first-order chi connectivity index (χ1) is 11.7. The van der Waals surface area contributed by atoms with Gasteiger partial charge in [0, 0.05) is 56.4 Å². The lowest BCUT2D eigenvalue weighted by Gasteiger charge is -2.35. The highest BCUT2D eigenvalue weighted by Crippen LogP contribution is 2.20. The fourth-order valence-corrected chi connectivity index (χ4v) is 2.78. The molecule has 0 atom stereocenters. The third-order valence-electron chi connectivity index (χ3n) is 4.08. The Bertz CT molecular complexity index is 732. The van der Waals surface area contributed by atoms with Crippen LogP contribution < -0.4 is 9.64 Å². The first-order valence-corrected chi connectivity index (χ1v) is 7.89. The van der Waals surface area contributed by atoms with E-state index < -0.39 is 0 Å². The van der Waals surface area contributed by atoms with Gasteiger partial charge in [0.05, 0.1) is 12.7 Å². The lowest BCUT2D eigenvalue weighted by molar-refractivity contribution is 0.248. The summed E-state index contributed by atoms with van der Waals surface area (Å²) in [5.74, 6) is 0.796. The monoisotopic (exact) mass is 324 g/mol. The van der Waals surface area contributed by atoms with E-state index in [0.29, 0.717) is 11.6 Å². The van der Waals surface area contributed by atoms with E-state index in [1.807, 2.05) is 19.1 Å². The van der Waals surface area contributed by atoms with E-state index in [2.05, 4.69) is 30.8 Å². The van der Waals surface area contributed by atoms with E-state index in [4.69, 9.17) is 4.74 Å². The van der Waals surface area contributed by atoms with Crippen molar-refractivity contribution in [1.82, 2.24) is 19.9 Å². The summed E-state index contributed by atoms with van der Waals surface area (Å²) in [4.78, 5) is 17.4. The number of anilines is 1. The number of aromatic nitrogens is 3. The van der Waals surface area contributed by atoms with Crippen LogP contribution in [0.25, 0.3) is 0 Å². The molecule has 0 radical (unpaired) electrons. The molecule has 7 heteroatoms. The number of ether oxygens (including phenoxy) is 1. The molecule has 3 rings (SSSR count). The number of nitriles is 1. The topological polar surface area (TPSA) is 78.2 Å². The Hall–Kier alpha value is -2.72. The van der Waals surface area contributed by atoms with Crippen molar-refractivity contribution >= 4 is 5.82 Å². The Morgan fingerprint density at radius 3 is 2.50 bits per heavy atom. The van der Waals surface area contributed by atoms with Crippen LogP contribution >= 0.6 is 0 Å². The largest absolute Gasteiger partial charge is 0.467 e. The molecular weight excluding hydrogens is 304 g/mol. The molecule has 2 aromatic rings. The summed E-state index contributed by atoms with van der Waals surface area (Å²) in [7, 11) is 1.56. The molecule has 124 valence electrons. The minimum absolute atomic E-state index is 0.387. The Morgan fingerprint density at radius 2 is 1.88 bits per heavy atom. The third kappa shape index (κ3) is 3.60. The Morgan fingerprint density at radius 1 is 1.17 bits per heavy atom. The van der Waals surface area contributed by atoms with Crippen molar-refractivity contribution in [2.45, 2.75) is 13.5 Å². The molecule has 0 saturated carbocycles. The van der Waals surface area contributed by atoms with E-state index in [9.17, 15) is 5.26 Å². The number of aryl methyl sites for hydroxylation is 1. The van der Waals surface area contributed by atoms with E-state index in [1.54, 1.807) is 19.5 Å². The Balaban J connectivity index is 1.61. The molecule has 1 saturated heterocycles. The maximum atomic E-state index is 9.28. The second-order valence-electron chi connectivity index (χ2n) is 5.78. The normalized spacial score (nSPS) is 15.1. The molecule has 1 fully saturated rings. The third-order valence-corrected chi connectivity index (χ3v) is 4.08. The van der Waals surface area contributed by atoms with Gasteiger partial charge in [-0.2, -0.15) is 5.26 Å². The molecule has 0 aliphatic carbocycles. The van der Waals surface area contributed by atoms with Gasteiger partial charge in [0.1, 0.15) is 11.9 Å². The van der Waals surface area contributed by atoms with Crippen LogP contribution in [0.4, 0.5) is 5.82 Å². The van der Waals surface area contributed by atoms with Gasteiger partial charge in [-0.05, 0) is 19.1 Å². The number of hydrogen-bond acceptors (Lipinski definition) is 7. The SMILES string of the molecule is COc1ncc(CN2CCN(c3nc(C)ccc3C#N)CC2)cn1. The molecule has 3 heterocycles. The summed E-state index contributed by atoms with van der Waals surface area (Å²) in [6.45, 7) is 6.28. The summed E-state index contributed by atoms with van der Waals surface area (Å²) in [5, 5.41) is 9.28. The summed E-state index contributed by atoms with van der Waals surface area (Å²) >= 11 is 0. The fraction of sp³-hybridized carbons (Fsp3) is 0.412. The van der Waals surface area contributed by atoms with Crippen molar-refractivity contribution < 1.29 is 4.74 Å². The van der Waals surface area contributed by atoms with Crippen LogP contribution in [0.3, 0.4) is 0 Å². The van der Waals surface area contributed by atoms with Gasteiger partial charge in [-0.3, -0.25) is 4.90 Å². The van der Waals surface area contributed by atoms with Crippen LogP contribution in [0.1, 0.15) is 16.8 Å². The van der Waals surface area contributed by atoms with Crippen molar-refractivity contribution in [3.63, 3.8) is 0 Å². The zero-order valence-corrected chi connectivity index (χ0v) is 13.9. The number of hydrogen-bond donors (Lipinski definition) is 0. The highest BCUT2D eigenvalue weighted by molar-refractivity contribution is 5.54. The minimum Gasteiger partial charge on any atom is -0.467 e. The summed E-state index contributed by atoms with van der Waals surface area (Å²) in [5.41, 5.74) is 2.63. The van der Waals surface area contributed by atoms with Crippen LogP contribution in [0, 0.1) is 18.3 Å². The zero-order valence-electron chi connectivity index (χ0n) is 13.9. The van der Waals surface area contributed by atoms with Gasteiger partial charge >= 0.3 is 6.01 Å². The van der Waals surface area contributed by atoms with E-state index >= 15 is 0 Å². The van der Waals surface area contributed by atoms with E-state index in [-0.39, 0.29) is 0 Å². The molecule has 0 spiro atoms. The summed E-state index contributed by atoms with van der Waals surface area (Å²) in [6.07, 6.45) is 3.60. The van der Waals surface area contributed by atoms with Crippen molar-refractivity contribution in [2.75, 3.05) is 38.2 Å². The van der Waals surface area contributed by atoms with Crippen LogP contribution in [-0.4, -0.2) is 53.1 Å². The van der Waals surface area contributed by atoms with Crippen molar-refractivity contribution in [3.8, 4) is 12.1 Å². The van der Waals surface area contributed by atoms with Crippen molar-refractivity contribution in [3.05, 3.63) is 41.3 Å². The number of pyridine rings is 1. The zero-order chi connectivity index (χ0) is 16.9. The number of piperazine rings is 1. The van der Waals surface area contributed by atoms with Crippen LogP contribution in [-0.2, 0) is 6.54 Å². The van der Waals surface area contributed by atoms with Crippen LogP contribution in [0.15, 0.2) is 24.5 Å². The molecular formula is C17H20N6O. The van der Waals surface area contributed by atoms with Crippen LogP contribution in [0.2, 0.25) is 0 Å². The highest BCUT2D eigenvalue weighted by atomic mass is 16.5. The molecule has 2 aromatic heterocycles. The Labute approximate surface area is 141 Å². The van der Waals surface area contributed by atoms with Gasteiger partial charge in [0.15, 0.2) is 0 Å². The lowest BCUT2D eigenvalue weighted by Crippen LogP contribution is -2.46. The molecule has 1 aliphatic heterocycles. The summed E-state index contributed by atoms with van der Waals surface area (Å²) < 4.78 is 4.98. The number of methoxy groups -OCH3 is 1. The number of nitrogens with zero attached hydrogens (tertiary/aromatic N) is 6. The van der Waals surface area contributed by atoms with Gasteiger partial charge in [-0.15, -0.1) is 0 Å². The molecule has 0 N–H and O–H groups in total. The van der Waals surface area contributed by atoms with E-state index in [0.717, 1.165) is 49.8 Å². The molecule has 0 aromatic carbocycles. The minimum atomic E-state index is 0.387. The molecule has 24 heavy (non-hydrogen) atoms. The van der Waals surface area contributed by atoms with Gasteiger partial charge in [-0.1, -0.05) is 0 Å². The van der Waals surface area contributed by atoms with Gasteiger partial charge in [-0.25, -0.2) is 15.0 Å². The maximum Gasteiger partial charge on any atom is 0.316 e. The first kappa shape index (κ1) is 16.1. The Kier molecular flexibility index (Phi) is 4.87. The second kappa shape index (κ2) is 7.23. The average molecular weight is 324 g/mol. The fourth-order valence-electron chi connectivity index (χ4n) is 2.78. The molecule has 0 amide bonds. The molecule has 0 bridgehead atoms. The van der Waals surface area contributed by atoms with Gasteiger partial charge in [0.25, 0.3) is 0 Å². The second-order valence-corrected chi connectivity index (χ2v) is 5.78.